The van der Waals surface area contributed by atoms with Crippen LogP contribution in [0.2, 0.25) is 0 Å². The minimum absolute atomic E-state index is 0.236. The van der Waals surface area contributed by atoms with Crippen LogP contribution >= 0.6 is 0 Å². The molecule has 0 bridgehead atoms. The molecule has 1 N–H and O–H groups in total. The molecule has 2 unspecified atom stereocenters. The third kappa shape index (κ3) is 2.90. The van der Waals surface area contributed by atoms with Gasteiger partial charge < -0.3 is 5.32 Å². The molecule has 1 aliphatic heterocycles. The molecular formula is C10H19F2N. The highest BCUT2D eigenvalue weighted by Crippen LogP contribution is 2.32. The molecule has 0 radical (unpaired) electrons. The molecule has 0 spiro atoms. The maximum absolute atomic E-state index is 12.3. The summed E-state index contributed by atoms with van der Waals surface area (Å²) in [4.78, 5) is 0. The van der Waals surface area contributed by atoms with Crippen molar-refractivity contribution >= 4 is 0 Å². The molecular weight excluding hydrogens is 172 g/mol. The summed E-state index contributed by atoms with van der Waals surface area (Å²) in [5.41, 5.74) is 0.236. The first kappa shape index (κ1) is 10.9. The summed E-state index contributed by atoms with van der Waals surface area (Å²) in [6, 6.07) is -0.571. The van der Waals surface area contributed by atoms with Gasteiger partial charge in [-0.2, -0.15) is 0 Å². The maximum Gasteiger partial charge on any atom is 0.253 e. The highest BCUT2D eigenvalue weighted by Gasteiger charge is 2.32. The standard InChI is InChI=1S/C10H19F2N/c1-10(2,3)7-4-5-8(9(11)12)13-6-7/h7-9,13H,4-6H2,1-3H3. The highest BCUT2D eigenvalue weighted by molar-refractivity contribution is 4.85. The minimum atomic E-state index is -2.21. The Kier molecular flexibility index (Phi) is 3.28. The van der Waals surface area contributed by atoms with Gasteiger partial charge in [0.1, 0.15) is 0 Å². The molecule has 3 heteroatoms. The summed E-state index contributed by atoms with van der Waals surface area (Å²) < 4.78 is 24.6. The lowest BCUT2D eigenvalue weighted by molar-refractivity contribution is 0.0594. The van der Waals surface area contributed by atoms with Crippen molar-refractivity contribution in [3.8, 4) is 0 Å². The van der Waals surface area contributed by atoms with E-state index < -0.39 is 12.5 Å². The van der Waals surface area contributed by atoms with Gasteiger partial charge in [0.05, 0.1) is 6.04 Å². The normalized spacial score (nSPS) is 30.9. The Morgan fingerprint density at radius 3 is 2.15 bits per heavy atom. The number of piperidine rings is 1. The Morgan fingerprint density at radius 2 is 1.85 bits per heavy atom. The molecule has 0 aliphatic carbocycles. The summed E-state index contributed by atoms with van der Waals surface area (Å²) in [6.45, 7) is 7.24. The van der Waals surface area contributed by atoms with Gasteiger partial charge in [-0.05, 0) is 30.7 Å². The Labute approximate surface area is 78.9 Å². The molecule has 0 aromatic carbocycles. The van der Waals surface area contributed by atoms with E-state index in [0.717, 1.165) is 13.0 Å². The minimum Gasteiger partial charge on any atom is -0.309 e. The van der Waals surface area contributed by atoms with Gasteiger partial charge in [0.15, 0.2) is 0 Å². The average Bonchev–Trinajstić information content (AvgIpc) is 2.03. The Morgan fingerprint density at radius 1 is 1.23 bits per heavy atom. The first-order chi connectivity index (χ1) is 5.91. The lowest BCUT2D eigenvalue weighted by Crippen LogP contribution is -2.46. The summed E-state index contributed by atoms with van der Waals surface area (Å²) in [7, 11) is 0. The molecule has 0 amide bonds. The predicted molar refractivity (Wildman–Crippen MR) is 50.0 cm³/mol. The lowest BCUT2D eigenvalue weighted by Gasteiger charge is -2.37. The number of nitrogens with one attached hydrogen (secondary N) is 1. The summed E-state index contributed by atoms with van der Waals surface area (Å²) in [5.74, 6) is 0.530. The van der Waals surface area contributed by atoms with Crippen molar-refractivity contribution in [3.05, 3.63) is 0 Å². The fourth-order valence-corrected chi connectivity index (χ4v) is 1.83. The van der Waals surface area contributed by atoms with Crippen LogP contribution in [-0.4, -0.2) is 19.0 Å². The largest absolute Gasteiger partial charge is 0.309 e. The second-order valence-electron chi connectivity index (χ2n) is 4.99. The molecule has 1 fully saturated rings. The second kappa shape index (κ2) is 3.91. The quantitative estimate of drug-likeness (QED) is 0.672. The molecule has 1 rings (SSSR count). The first-order valence-corrected chi connectivity index (χ1v) is 4.93. The van der Waals surface area contributed by atoms with Crippen molar-refractivity contribution in [3.63, 3.8) is 0 Å². The van der Waals surface area contributed by atoms with Gasteiger partial charge in [0.2, 0.25) is 0 Å². The topological polar surface area (TPSA) is 12.0 Å². The van der Waals surface area contributed by atoms with Crippen molar-refractivity contribution in [2.24, 2.45) is 11.3 Å². The van der Waals surface area contributed by atoms with E-state index in [1.165, 1.54) is 0 Å². The van der Waals surface area contributed by atoms with Crippen LogP contribution in [-0.2, 0) is 0 Å². The van der Waals surface area contributed by atoms with Crippen molar-refractivity contribution in [1.29, 1.82) is 0 Å². The molecule has 1 nitrogen and oxygen atoms in total. The first-order valence-electron chi connectivity index (χ1n) is 4.93. The SMILES string of the molecule is CC(C)(C)C1CCC(C(F)F)NC1. The van der Waals surface area contributed by atoms with E-state index >= 15 is 0 Å². The van der Waals surface area contributed by atoms with Gasteiger partial charge in [-0.15, -0.1) is 0 Å². The van der Waals surface area contributed by atoms with Gasteiger partial charge in [-0.1, -0.05) is 20.8 Å². The molecule has 78 valence electrons. The van der Waals surface area contributed by atoms with E-state index in [1.807, 2.05) is 0 Å². The van der Waals surface area contributed by atoms with Crippen LogP contribution in [0.1, 0.15) is 33.6 Å². The monoisotopic (exact) mass is 191 g/mol. The molecule has 0 aromatic rings. The van der Waals surface area contributed by atoms with Crippen molar-refractivity contribution in [1.82, 2.24) is 5.32 Å². The smallest absolute Gasteiger partial charge is 0.253 e. The van der Waals surface area contributed by atoms with Crippen molar-refractivity contribution < 1.29 is 8.78 Å². The molecule has 0 aromatic heterocycles. The molecule has 2 atom stereocenters. The summed E-state index contributed by atoms with van der Waals surface area (Å²) in [6.07, 6.45) is -0.675. The number of halogens is 2. The van der Waals surface area contributed by atoms with E-state index in [2.05, 4.69) is 26.1 Å². The third-order valence-electron chi connectivity index (χ3n) is 2.98. The zero-order valence-electron chi connectivity index (χ0n) is 8.61. The number of hydrogen-bond donors (Lipinski definition) is 1. The fourth-order valence-electron chi connectivity index (χ4n) is 1.83. The van der Waals surface area contributed by atoms with E-state index in [0.29, 0.717) is 12.3 Å². The Hall–Kier alpha value is -0.180. The fraction of sp³-hybridized carbons (Fsp3) is 1.00. The number of rotatable bonds is 1. The molecule has 1 heterocycles. The predicted octanol–water partition coefficient (Wildman–Crippen LogP) is 2.67. The van der Waals surface area contributed by atoms with Crippen LogP contribution < -0.4 is 5.32 Å². The van der Waals surface area contributed by atoms with Gasteiger partial charge in [0, 0.05) is 0 Å². The molecule has 13 heavy (non-hydrogen) atoms. The highest BCUT2D eigenvalue weighted by atomic mass is 19.3. The van der Waals surface area contributed by atoms with Gasteiger partial charge in [0.25, 0.3) is 6.43 Å². The van der Waals surface area contributed by atoms with Crippen LogP contribution in [0.25, 0.3) is 0 Å². The summed E-state index contributed by atoms with van der Waals surface area (Å²) >= 11 is 0. The zero-order valence-corrected chi connectivity index (χ0v) is 8.61. The van der Waals surface area contributed by atoms with Crippen LogP contribution in [0.4, 0.5) is 8.78 Å². The van der Waals surface area contributed by atoms with Crippen LogP contribution in [0.15, 0.2) is 0 Å². The van der Waals surface area contributed by atoms with E-state index in [4.69, 9.17) is 0 Å². The Balaban J connectivity index is 2.39. The van der Waals surface area contributed by atoms with E-state index in [9.17, 15) is 8.78 Å². The third-order valence-corrected chi connectivity index (χ3v) is 2.98. The van der Waals surface area contributed by atoms with E-state index in [1.54, 1.807) is 0 Å². The number of alkyl halides is 2. The van der Waals surface area contributed by atoms with Gasteiger partial charge >= 0.3 is 0 Å². The lowest BCUT2D eigenvalue weighted by atomic mass is 9.75. The van der Waals surface area contributed by atoms with Crippen LogP contribution in [0.5, 0.6) is 0 Å². The van der Waals surface area contributed by atoms with Crippen LogP contribution in [0.3, 0.4) is 0 Å². The maximum atomic E-state index is 12.3. The molecule has 1 saturated heterocycles. The Bertz CT molecular complexity index is 155. The van der Waals surface area contributed by atoms with Gasteiger partial charge in [-0.3, -0.25) is 0 Å². The zero-order chi connectivity index (χ0) is 10.1. The van der Waals surface area contributed by atoms with Crippen molar-refractivity contribution in [2.45, 2.75) is 46.1 Å². The van der Waals surface area contributed by atoms with Crippen molar-refractivity contribution in [2.75, 3.05) is 6.54 Å². The average molecular weight is 191 g/mol. The number of hydrogen-bond acceptors (Lipinski definition) is 1. The molecule has 1 aliphatic rings. The second-order valence-corrected chi connectivity index (χ2v) is 4.99. The van der Waals surface area contributed by atoms with Crippen LogP contribution in [0, 0.1) is 11.3 Å². The van der Waals surface area contributed by atoms with E-state index in [-0.39, 0.29) is 5.41 Å². The van der Waals surface area contributed by atoms with Gasteiger partial charge in [-0.25, -0.2) is 8.78 Å². The molecule has 0 saturated carbocycles. The summed E-state index contributed by atoms with van der Waals surface area (Å²) in [5, 5.41) is 2.93.